The van der Waals surface area contributed by atoms with E-state index in [0.29, 0.717) is 6.54 Å². The summed E-state index contributed by atoms with van der Waals surface area (Å²) in [5.41, 5.74) is -0.665. The molecule has 1 N–H and O–H groups in total. The summed E-state index contributed by atoms with van der Waals surface area (Å²) in [6.07, 6.45) is 2.80. The number of methoxy groups -OCH3 is 1. The van der Waals surface area contributed by atoms with Crippen LogP contribution in [0.5, 0.6) is 0 Å². The number of nitrogens with one attached hydrogen (secondary N) is 1. The highest BCUT2D eigenvalue weighted by atomic mass is 16.5. The molecule has 0 bridgehead atoms. The van der Waals surface area contributed by atoms with Crippen LogP contribution in [0.1, 0.15) is 26.2 Å². The summed E-state index contributed by atoms with van der Waals surface area (Å²) < 4.78 is 10.5. The molecule has 2 aliphatic rings. The average Bonchev–Trinajstić information content (AvgIpc) is 2.75. The zero-order chi connectivity index (χ0) is 10.2. The monoisotopic (exact) mass is 199 g/mol. The van der Waals surface area contributed by atoms with Gasteiger partial charge in [0.25, 0.3) is 0 Å². The van der Waals surface area contributed by atoms with Crippen molar-refractivity contribution in [3.05, 3.63) is 0 Å². The van der Waals surface area contributed by atoms with Gasteiger partial charge in [0.2, 0.25) is 0 Å². The van der Waals surface area contributed by atoms with Crippen molar-refractivity contribution in [3.63, 3.8) is 0 Å². The smallest absolute Gasteiger partial charge is 0.312 e. The third-order valence-electron chi connectivity index (χ3n) is 3.26. The minimum atomic E-state index is -0.418. The predicted molar refractivity (Wildman–Crippen MR) is 50.7 cm³/mol. The maximum Gasteiger partial charge on any atom is 0.312 e. The second-order valence-electron chi connectivity index (χ2n) is 4.53. The Kier molecular flexibility index (Phi) is 2.27. The summed E-state index contributed by atoms with van der Waals surface area (Å²) in [6, 6.07) is 0. The van der Waals surface area contributed by atoms with Gasteiger partial charge in [0.05, 0.1) is 12.5 Å². The lowest BCUT2D eigenvalue weighted by atomic mass is 9.86. The van der Waals surface area contributed by atoms with Gasteiger partial charge in [-0.25, -0.2) is 0 Å². The molecule has 1 spiro atoms. The summed E-state index contributed by atoms with van der Waals surface area (Å²) in [4.78, 5) is 11.6. The van der Waals surface area contributed by atoms with Gasteiger partial charge in [-0.3, -0.25) is 10.1 Å². The first-order valence-electron chi connectivity index (χ1n) is 5.08. The third kappa shape index (κ3) is 1.42. The molecule has 2 aliphatic heterocycles. The zero-order valence-electron chi connectivity index (χ0n) is 8.76. The van der Waals surface area contributed by atoms with Crippen LogP contribution in [-0.2, 0) is 14.3 Å². The molecular weight excluding hydrogens is 182 g/mol. The van der Waals surface area contributed by atoms with Crippen molar-refractivity contribution in [2.45, 2.75) is 31.9 Å². The normalized spacial score (nSPS) is 41.9. The van der Waals surface area contributed by atoms with E-state index in [9.17, 15) is 4.79 Å². The topological polar surface area (TPSA) is 47.6 Å². The van der Waals surface area contributed by atoms with Crippen LogP contribution in [0.4, 0.5) is 0 Å². The fourth-order valence-corrected chi connectivity index (χ4v) is 2.48. The second kappa shape index (κ2) is 3.21. The number of hydrogen-bond acceptors (Lipinski definition) is 4. The van der Waals surface area contributed by atoms with Gasteiger partial charge < -0.3 is 9.47 Å². The molecule has 2 atom stereocenters. The van der Waals surface area contributed by atoms with E-state index in [1.54, 1.807) is 0 Å². The Balaban J connectivity index is 2.09. The van der Waals surface area contributed by atoms with Gasteiger partial charge in [0.15, 0.2) is 0 Å². The molecule has 2 heterocycles. The first-order chi connectivity index (χ1) is 6.60. The van der Waals surface area contributed by atoms with E-state index in [2.05, 4.69) is 5.32 Å². The zero-order valence-corrected chi connectivity index (χ0v) is 8.76. The quantitative estimate of drug-likeness (QED) is 0.630. The molecule has 0 saturated carbocycles. The Labute approximate surface area is 84.0 Å². The maximum atomic E-state index is 11.6. The van der Waals surface area contributed by atoms with Gasteiger partial charge >= 0.3 is 5.97 Å². The van der Waals surface area contributed by atoms with E-state index in [-0.39, 0.29) is 11.7 Å². The lowest BCUT2D eigenvalue weighted by Gasteiger charge is -2.24. The van der Waals surface area contributed by atoms with Crippen molar-refractivity contribution < 1.29 is 14.3 Å². The molecule has 2 rings (SSSR count). The van der Waals surface area contributed by atoms with Crippen LogP contribution in [-0.4, -0.2) is 32.0 Å². The Bertz CT molecular complexity index is 248. The predicted octanol–water partition coefficient (Wildman–Crippen LogP) is 0.666. The number of rotatable bonds is 1. The molecule has 2 fully saturated rings. The van der Waals surface area contributed by atoms with Crippen LogP contribution < -0.4 is 5.32 Å². The first kappa shape index (κ1) is 9.93. The molecule has 0 radical (unpaired) electrons. The Hall–Kier alpha value is -0.610. The lowest BCUT2D eigenvalue weighted by molar-refractivity contribution is -0.151. The van der Waals surface area contributed by atoms with Crippen molar-refractivity contribution in [1.29, 1.82) is 0 Å². The molecule has 0 aromatic heterocycles. The van der Waals surface area contributed by atoms with Crippen molar-refractivity contribution >= 4 is 5.97 Å². The molecular formula is C10H17NO3. The molecule has 4 heteroatoms. The van der Waals surface area contributed by atoms with E-state index in [0.717, 1.165) is 25.9 Å². The molecule has 2 saturated heterocycles. The van der Waals surface area contributed by atoms with Crippen LogP contribution in [0, 0.1) is 5.41 Å². The highest BCUT2D eigenvalue weighted by Crippen LogP contribution is 2.41. The molecule has 0 amide bonds. The van der Waals surface area contributed by atoms with Gasteiger partial charge in [-0.05, 0) is 19.8 Å². The second-order valence-corrected chi connectivity index (χ2v) is 4.53. The molecule has 4 nitrogen and oxygen atoms in total. The fraction of sp³-hybridized carbons (Fsp3) is 0.900. The van der Waals surface area contributed by atoms with Crippen molar-refractivity contribution in [3.8, 4) is 0 Å². The van der Waals surface area contributed by atoms with Crippen molar-refractivity contribution in [2.24, 2.45) is 5.41 Å². The number of esters is 1. The summed E-state index contributed by atoms with van der Waals surface area (Å²) in [6.45, 7) is 3.38. The summed E-state index contributed by atoms with van der Waals surface area (Å²) >= 11 is 0. The number of carbonyl (C=O) groups excluding carboxylic acids is 1. The van der Waals surface area contributed by atoms with E-state index < -0.39 is 5.41 Å². The van der Waals surface area contributed by atoms with Gasteiger partial charge in [-0.2, -0.15) is 0 Å². The Morgan fingerprint density at radius 1 is 1.57 bits per heavy atom. The SMILES string of the molecule is COC(=O)C1(C)CNC2(CCCO2)C1. The van der Waals surface area contributed by atoms with E-state index in [4.69, 9.17) is 9.47 Å². The number of hydrogen-bond donors (Lipinski definition) is 1. The van der Waals surface area contributed by atoms with Gasteiger partial charge in [0.1, 0.15) is 5.72 Å². The minimum absolute atomic E-state index is 0.141. The molecule has 80 valence electrons. The third-order valence-corrected chi connectivity index (χ3v) is 3.26. The van der Waals surface area contributed by atoms with E-state index >= 15 is 0 Å². The van der Waals surface area contributed by atoms with Gasteiger partial charge in [-0.1, -0.05) is 0 Å². The molecule has 14 heavy (non-hydrogen) atoms. The van der Waals surface area contributed by atoms with Crippen LogP contribution in [0.3, 0.4) is 0 Å². The van der Waals surface area contributed by atoms with Gasteiger partial charge in [-0.15, -0.1) is 0 Å². The standard InChI is InChI=1S/C10H17NO3/c1-9(8(12)13-2)6-10(11-7-9)4-3-5-14-10/h11H,3-7H2,1-2H3. The maximum absolute atomic E-state index is 11.6. The molecule has 0 aliphatic carbocycles. The van der Waals surface area contributed by atoms with Crippen LogP contribution in [0.2, 0.25) is 0 Å². The van der Waals surface area contributed by atoms with E-state index in [1.165, 1.54) is 7.11 Å². The van der Waals surface area contributed by atoms with Crippen LogP contribution >= 0.6 is 0 Å². The fourth-order valence-electron chi connectivity index (χ4n) is 2.48. The summed E-state index contributed by atoms with van der Waals surface area (Å²) in [5.74, 6) is -0.141. The molecule has 2 unspecified atom stereocenters. The Morgan fingerprint density at radius 3 is 2.93 bits per heavy atom. The lowest BCUT2D eigenvalue weighted by Crippen LogP contribution is -2.38. The van der Waals surface area contributed by atoms with Crippen molar-refractivity contribution in [2.75, 3.05) is 20.3 Å². The average molecular weight is 199 g/mol. The Morgan fingerprint density at radius 2 is 2.36 bits per heavy atom. The highest BCUT2D eigenvalue weighted by Gasteiger charge is 2.52. The van der Waals surface area contributed by atoms with Crippen molar-refractivity contribution in [1.82, 2.24) is 5.32 Å². The number of ether oxygens (including phenoxy) is 2. The molecule has 0 aromatic rings. The summed E-state index contributed by atoms with van der Waals surface area (Å²) in [5, 5.41) is 3.31. The number of carbonyl (C=O) groups is 1. The summed E-state index contributed by atoms with van der Waals surface area (Å²) in [7, 11) is 1.44. The van der Waals surface area contributed by atoms with Gasteiger partial charge in [0, 0.05) is 19.6 Å². The largest absolute Gasteiger partial charge is 0.469 e. The first-order valence-corrected chi connectivity index (χ1v) is 5.08. The minimum Gasteiger partial charge on any atom is -0.469 e. The van der Waals surface area contributed by atoms with Crippen LogP contribution in [0.15, 0.2) is 0 Å². The van der Waals surface area contributed by atoms with E-state index in [1.807, 2.05) is 6.92 Å². The van der Waals surface area contributed by atoms with Crippen LogP contribution in [0.25, 0.3) is 0 Å². The highest BCUT2D eigenvalue weighted by molar-refractivity contribution is 5.77. The molecule has 0 aromatic carbocycles.